The van der Waals surface area contributed by atoms with Crippen LogP contribution in [0.25, 0.3) is 5.57 Å². The van der Waals surface area contributed by atoms with E-state index < -0.39 is 11.7 Å². The molecule has 0 spiro atoms. The number of nitrogens with one attached hydrogen (secondary N) is 1. The number of aromatic nitrogens is 1. The molecule has 0 atom stereocenters. The van der Waals surface area contributed by atoms with Gasteiger partial charge in [0.25, 0.3) is 0 Å². The molecule has 0 unspecified atom stereocenters. The van der Waals surface area contributed by atoms with Gasteiger partial charge in [-0.3, -0.25) is 14.7 Å². The molecule has 37 heavy (non-hydrogen) atoms. The molecule has 1 N–H and O–H groups in total. The molecule has 8 heteroatoms. The standard InChI is InChI=1S/C29H34F3N3O2/c1-18-21(14-35-15-22(16-35)28(36)33-2)8-7-20-11-24(9-10-25(18)20)37-17-23-12-26(19-5-3-4-6-19)27(13-34-23)29(30,31)32/h9-13,19,22H,3-8,14-17H2,1-2H3,(H,33,36). The van der Waals surface area contributed by atoms with E-state index in [1.165, 1.54) is 22.3 Å². The Balaban J connectivity index is 1.25. The number of pyridine rings is 1. The topological polar surface area (TPSA) is 54.5 Å². The number of carbonyl (C=O) groups excluding carboxylic acids is 1. The molecule has 1 saturated heterocycles. The summed E-state index contributed by atoms with van der Waals surface area (Å²) in [5.41, 5.74) is 5.40. The van der Waals surface area contributed by atoms with Crippen LogP contribution in [-0.2, 0) is 24.0 Å². The first-order chi connectivity index (χ1) is 17.7. The van der Waals surface area contributed by atoms with Gasteiger partial charge < -0.3 is 10.1 Å². The van der Waals surface area contributed by atoms with Crippen LogP contribution in [0.5, 0.6) is 5.75 Å². The lowest BCUT2D eigenvalue weighted by atomic mass is 9.85. The lowest BCUT2D eigenvalue weighted by molar-refractivity contribution is -0.138. The van der Waals surface area contributed by atoms with Gasteiger partial charge in [-0.05, 0) is 79.0 Å². The quantitative estimate of drug-likeness (QED) is 0.514. The molecule has 5 rings (SSSR count). The molecule has 1 aromatic heterocycles. The number of likely N-dealkylation sites (tertiary alicyclic amines) is 1. The first kappa shape index (κ1) is 25.8. The predicted molar refractivity (Wildman–Crippen MR) is 136 cm³/mol. The lowest BCUT2D eigenvalue weighted by Gasteiger charge is -2.39. The highest BCUT2D eigenvalue weighted by atomic mass is 19.4. The molecular formula is C29H34F3N3O2. The van der Waals surface area contributed by atoms with Crippen LogP contribution >= 0.6 is 0 Å². The summed E-state index contributed by atoms with van der Waals surface area (Å²) in [6.07, 6.45) is 1.98. The monoisotopic (exact) mass is 513 g/mol. The van der Waals surface area contributed by atoms with Crippen LogP contribution in [0.2, 0.25) is 0 Å². The summed E-state index contributed by atoms with van der Waals surface area (Å²) >= 11 is 0. The lowest BCUT2D eigenvalue weighted by Crippen LogP contribution is -2.53. The van der Waals surface area contributed by atoms with Crippen LogP contribution in [0.15, 0.2) is 36.0 Å². The maximum absolute atomic E-state index is 13.6. The van der Waals surface area contributed by atoms with Gasteiger partial charge in [-0.25, -0.2) is 0 Å². The number of hydrogen-bond acceptors (Lipinski definition) is 4. The van der Waals surface area contributed by atoms with Gasteiger partial charge in [-0.1, -0.05) is 24.5 Å². The Morgan fingerprint density at radius 3 is 2.62 bits per heavy atom. The van der Waals surface area contributed by atoms with E-state index in [1.807, 2.05) is 12.1 Å². The van der Waals surface area contributed by atoms with Crippen molar-refractivity contribution in [2.75, 3.05) is 26.7 Å². The highest BCUT2D eigenvalue weighted by Gasteiger charge is 2.37. The van der Waals surface area contributed by atoms with Gasteiger partial charge in [0.15, 0.2) is 0 Å². The van der Waals surface area contributed by atoms with Gasteiger partial charge in [0, 0.05) is 32.9 Å². The molecule has 198 valence electrons. The second-order valence-corrected chi connectivity index (χ2v) is 10.6. The third kappa shape index (κ3) is 5.54. The molecule has 1 aliphatic heterocycles. The van der Waals surface area contributed by atoms with E-state index >= 15 is 0 Å². The van der Waals surface area contributed by atoms with Crippen molar-refractivity contribution < 1.29 is 22.7 Å². The van der Waals surface area contributed by atoms with Gasteiger partial charge >= 0.3 is 6.18 Å². The predicted octanol–water partition coefficient (Wildman–Crippen LogP) is 5.73. The van der Waals surface area contributed by atoms with Crippen LogP contribution in [0, 0.1) is 5.92 Å². The second kappa shape index (κ2) is 10.5. The van der Waals surface area contributed by atoms with Crippen LogP contribution in [-0.4, -0.2) is 42.5 Å². The number of fused-ring (bicyclic) bond motifs is 1. The van der Waals surface area contributed by atoms with Crippen molar-refractivity contribution in [3.05, 3.63) is 64.0 Å². The molecule has 2 aromatic rings. The van der Waals surface area contributed by atoms with Crippen molar-refractivity contribution in [1.82, 2.24) is 15.2 Å². The molecule has 2 aliphatic carbocycles. The SMILES string of the molecule is CNC(=O)C1CN(CC2=C(C)c3ccc(OCc4cc(C5CCCC5)c(C(F)(F)F)cn4)cc3CC2)C1. The molecule has 5 nitrogen and oxygen atoms in total. The summed E-state index contributed by atoms with van der Waals surface area (Å²) in [5, 5.41) is 2.72. The van der Waals surface area contributed by atoms with Gasteiger partial charge in [0.2, 0.25) is 5.91 Å². The van der Waals surface area contributed by atoms with Crippen LogP contribution in [0.3, 0.4) is 0 Å². The van der Waals surface area contributed by atoms with E-state index in [-0.39, 0.29) is 24.3 Å². The van der Waals surface area contributed by atoms with E-state index in [4.69, 9.17) is 4.74 Å². The maximum Gasteiger partial charge on any atom is 0.418 e. The largest absolute Gasteiger partial charge is 0.487 e. The summed E-state index contributed by atoms with van der Waals surface area (Å²) in [6, 6.07) is 7.65. The number of nitrogens with zero attached hydrogens (tertiary/aromatic N) is 2. The zero-order valence-electron chi connectivity index (χ0n) is 21.5. The minimum Gasteiger partial charge on any atom is -0.487 e. The molecule has 1 aromatic carbocycles. The average molecular weight is 514 g/mol. The highest BCUT2D eigenvalue weighted by Crippen LogP contribution is 2.41. The molecule has 1 amide bonds. The molecular weight excluding hydrogens is 479 g/mol. The number of halogens is 3. The van der Waals surface area contributed by atoms with Crippen molar-refractivity contribution in [3.63, 3.8) is 0 Å². The summed E-state index contributed by atoms with van der Waals surface area (Å²) in [7, 11) is 1.68. The van der Waals surface area contributed by atoms with E-state index in [0.29, 0.717) is 17.0 Å². The molecule has 1 saturated carbocycles. The zero-order chi connectivity index (χ0) is 26.2. The van der Waals surface area contributed by atoms with Gasteiger partial charge in [0.1, 0.15) is 12.4 Å². The molecule has 3 aliphatic rings. The molecule has 0 bridgehead atoms. The van der Waals surface area contributed by atoms with Crippen LogP contribution in [0.4, 0.5) is 13.2 Å². The number of ether oxygens (including phenoxy) is 1. The Kier molecular flexibility index (Phi) is 7.30. The normalized spacial score (nSPS) is 19.1. The van der Waals surface area contributed by atoms with E-state index in [0.717, 1.165) is 64.4 Å². The number of alkyl halides is 3. The number of allylic oxidation sites excluding steroid dienone is 1. The fourth-order valence-corrected chi connectivity index (χ4v) is 6.00. The molecule has 2 fully saturated rings. The smallest absolute Gasteiger partial charge is 0.418 e. The summed E-state index contributed by atoms with van der Waals surface area (Å²) in [6.45, 7) is 4.78. The van der Waals surface area contributed by atoms with E-state index in [9.17, 15) is 18.0 Å². The van der Waals surface area contributed by atoms with Gasteiger partial charge in [-0.15, -0.1) is 0 Å². The Hall–Kier alpha value is -2.87. The van der Waals surface area contributed by atoms with Gasteiger partial charge in [-0.2, -0.15) is 13.2 Å². The number of benzene rings is 1. The number of hydrogen-bond donors (Lipinski definition) is 1. The number of rotatable bonds is 7. The summed E-state index contributed by atoms with van der Waals surface area (Å²) in [5.74, 6) is 0.854. The van der Waals surface area contributed by atoms with E-state index in [1.54, 1.807) is 13.1 Å². The summed E-state index contributed by atoms with van der Waals surface area (Å²) < 4.78 is 46.7. The Morgan fingerprint density at radius 1 is 1.16 bits per heavy atom. The summed E-state index contributed by atoms with van der Waals surface area (Å²) in [4.78, 5) is 18.2. The maximum atomic E-state index is 13.6. The third-order valence-corrected chi connectivity index (χ3v) is 8.18. The minimum absolute atomic E-state index is 0.0583. The fourth-order valence-electron chi connectivity index (χ4n) is 6.00. The number of aryl methyl sites for hydroxylation is 1. The molecule has 0 radical (unpaired) electrons. The Labute approximate surface area is 216 Å². The molecule has 2 heterocycles. The van der Waals surface area contributed by atoms with Crippen LogP contribution in [0.1, 0.15) is 72.9 Å². The third-order valence-electron chi connectivity index (χ3n) is 8.18. The van der Waals surface area contributed by atoms with Crippen molar-refractivity contribution in [1.29, 1.82) is 0 Å². The highest BCUT2D eigenvalue weighted by molar-refractivity contribution is 5.79. The zero-order valence-corrected chi connectivity index (χ0v) is 21.5. The Bertz CT molecular complexity index is 1200. The fraction of sp³-hybridized carbons (Fsp3) is 0.517. The average Bonchev–Trinajstić information content (AvgIpc) is 3.40. The van der Waals surface area contributed by atoms with E-state index in [2.05, 4.69) is 28.2 Å². The Morgan fingerprint density at radius 2 is 1.92 bits per heavy atom. The number of carbonyl (C=O) groups is 1. The first-order valence-electron chi connectivity index (χ1n) is 13.2. The van der Waals surface area contributed by atoms with Crippen molar-refractivity contribution in [3.8, 4) is 5.75 Å². The first-order valence-corrected chi connectivity index (χ1v) is 13.2. The van der Waals surface area contributed by atoms with Crippen molar-refractivity contribution in [2.45, 2.75) is 64.1 Å². The minimum atomic E-state index is -4.39. The van der Waals surface area contributed by atoms with Crippen molar-refractivity contribution >= 4 is 11.5 Å². The van der Waals surface area contributed by atoms with Crippen LogP contribution < -0.4 is 10.1 Å². The number of amides is 1. The van der Waals surface area contributed by atoms with Crippen molar-refractivity contribution in [2.24, 2.45) is 5.92 Å². The van der Waals surface area contributed by atoms with Gasteiger partial charge in [0.05, 0.1) is 17.2 Å². The second-order valence-electron chi connectivity index (χ2n) is 10.6.